The summed E-state index contributed by atoms with van der Waals surface area (Å²) < 4.78 is 6.84. The molecule has 0 spiro atoms. The number of benzene rings is 2. The van der Waals surface area contributed by atoms with Crippen molar-refractivity contribution in [1.29, 1.82) is 5.26 Å². The normalized spacial score (nSPS) is 12.1. The number of phenolic OH excluding ortho intramolecular Hbond substituents is 1. The summed E-state index contributed by atoms with van der Waals surface area (Å²) >= 11 is 6.67. The first kappa shape index (κ1) is 22.2. The zero-order valence-corrected chi connectivity index (χ0v) is 18.5. The van der Waals surface area contributed by atoms with Crippen molar-refractivity contribution in [2.75, 3.05) is 11.9 Å². The Hall–Kier alpha value is -2.08. The van der Waals surface area contributed by atoms with Crippen LogP contribution >= 0.6 is 31.9 Å². The first-order valence-electron chi connectivity index (χ1n) is 8.44. The van der Waals surface area contributed by atoms with Gasteiger partial charge in [-0.25, -0.2) is 4.79 Å². The van der Waals surface area contributed by atoms with E-state index >= 15 is 0 Å². The van der Waals surface area contributed by atoms with Crippen LogP contribution in [0.1, 0.15) is 37.5 Å². The van der Waals surface area contributed by atoms with E-state index in [1.807, 2.05) is 19.9 Å². The zero-order valence-electron chi connectivity index (χ0n) is 15.4. The van der Waals surface area contributed by atoms with E-state index in [9.17, 15) is 15.0 Å². The summed E-state index contributed by atoms with van der Waals surface area (Å²) in [6, 6.07) is 11.7. The lowest BCUT2D eigenvalue weighted by molar-refractivity contribution is 0.0138. The van der Waals surface area contributed by atoms with E-state index in [0.29, 0.717) is 32.2 Å². The summed E-state index contributed by atoms with van der Waals surface area (Å²) in [4.78, 5) is 12.5. The van der Waals surface area contributed by atoms with Crippen LogP contribution in [0.25, 0.3) is 0 Å². The van der Waals surface area contributed by atoms with Gasteiger partial charge in [0, 0.05) is 27.7 Å². The monoisotopic (exact) mass is 510 g/mol. The lowest BCUT2D eigenvalue weighted by atomic mass is 9.79. The maximum Gasteiger partial charge on any atom is 0.412 e. The number of hydrogen-bond donors (Lipinski definition) is 3. The van der Waals surface area contributed by atoms with Gasteiger partial charge >= 0.3 is 6.09 Å². The number of halogens is 2. The van der Waals surface area contributed by atoms with Crippen LogP contribution in [0, 0.1) is 16.7 Å². The molecule has 0 heterocycles. The van der Waals surface area contributed by atoms with Crippen LogP contribution in [-0.4, -0.2) is 22.9 Å². The minimum absolute atomic E-state index is 0.0367. The Morgan fingerprint density at radius 1 is 1.29 bits per heavy atom. The molecule has 6 nitrogen and oxygen atoms in total. The molecule has 0 bridgehead atoms. The van der Waals surface area contributed by atoms with E-state index in [4.69, 9.17) is 10.00 Å². The first-order chi connectivity index (χ1) is 13.2. The van der Waals surface area contributed by atoms with Crippen molar-refractivity contribution < 1.29 is 19.7 Å². The van der Waals surface area contributed by atoms with Gasteiger partial charge in [0.2, 0.25) is 0 Å². The van der Waals surface area contributed by atoms with Gasteiger partial charge in [0.25, 0.3) is 0 Å². The molecule has 0 aliphatic carbocycles. The van der Waals surface area contributed by atoms with Crippen LogP contribution in [0.15, 0.2) is 45.3 Å². The molecule has 0 fully saturated rings. The maximum atomic E-state index is 12.5. The fourth-order valence-electron chi connectivity index (χ4n) is 2.73. The van der Waals surface area contributed by atoms with E-state index in [1.54, 1.807) is 36.4 Å². The fourth-order valence-corrected chi connectivity index (χ4v) is 3.99. The minimum atomic E-state index is -0.827. The molecule has 148 valence electrons. The van der Waals surface area contributed by atoms with Crippen molar-refractivity contribution in [3.8, 4) is 11.8 Å². The summed E-state index contributed by atoms with van der Waals surface area (Å²) in [5.41, 5.74) is 0.705. The molecular formula is C20H20Br2N2O4. The highest BCUT2D eigenvalue weighted by Crippen LogP contribution is 2.45. The second kappa shape index (κ2) is 9.41. The SMILES string of the molecule is CC(C)(CCO)[C@H](OC(=O)Nc1ccc(C#N)cc1)c1cc(Br)cc(Br)c1O. The number of hydrogen-bond acceptors (Lipinski definition) is 5. The molecule has 0 aliphatic heterocycles. The number of nitrogens with zero attached hydrogens (tertiary/aromatic N) is 1. The van der Waals surface area contributed by atoms with Crippen LogP contribution in [-0.2, 0) is 4.74 Å². The molecule has 2 aromatic carbocycles. The number of nitriles is 1. The molecule has 0 saturated carbocycles. The molecule has 1 amide bonds. The average molecular weight is 512 g/mol. The number of carbonyl (C=O) groups is 1. The van der Waals surface area contributed by atoms with E-state index in [-0.39, 0.29) is 12.4 Å². The molecule has 0 aromatic heterocycles. The molecule has 0 aliphatic rings. The van der Waals surface area contributed by atoms with Gasteiger partial charge in [-0.2, -0.15) is 5.26 Å². The Bertz CT molecular complexity index is 892. The number of rotatable bonds is 6. The van der Waals surface area contributed by atoms with Gasteiger partial charge in [0.15, 0.2) is 0 Å². The minimum Gasteiger partial charge on any atom is -0.506 e. The van der Waals surface area contributed by atoms with Crippen molar-refractivity contribution in [1.82, 2.24) is 0 Å². The standard InChI is InChI=1S/C20H20Br2N2O4/c1-20(2,7-8-25)18(15-9-13(21)10-16(22)17(15)26)28-19(27)24-14-5-3-12(11-23)4-6-14/h3-6,9-10,18,25-26H,7-8H2,1-2H3,(H,24,27)/t18-/m1/s1. The van der Waals surface area contributed by atoms with Crippen molar-refractivity contribution in [3.05, 3.63) is 56.5 Å². The molecule has 2 rings (SSSR count). The molecule has 2 aromatic rings. The van der Waals surface area contributed by atoms with Crippen molar-refractivity contribution in [2.24, 2.45) is 5.41 Å². The van der Waals surface area contributed by atoms with Gasteiger partial charge in [-0.3, -0.25) is 5.32 Å². The Labute approximate surface area is 180 Å². The summed E-state index contributed by atoms with van der Waals surface area (Å²) in [5.74, 6) is -0.0367. The molecule has 8 heteroatoms. The second-order valence-electron chi connectivity index (χ2n) is 6.89. The van der Waals surface area contributed by atoms with E-state index in [1.165, 1.54) is 0 Å². The number of ether oxygens (including phenoxy) is 1. The highest BCUT2D eigenvalue weighted by Gasteiger charge is 2.36. The summed E-state index contributed by atoms with van der Waals surface area (Å²) in [5, 5.41) is 31.4. The van der Waals surface area contributed by atoms with Crippen LogP contribution in [0.2, 0.25) is 0 Å². The smallest absolute Gasteiger partial charge is 0.412 e. The third-order valence-electron chi connectivity index (χ3n) is 4.29. The fraction of sp³-hybridized carbons (Fsp3) is 0.300. The van der Waals surface area contributed by atoms with E-state index < -0.39 is 17.6 Å². The van der Waals surface area contributed by atoms with Gasteiger partial charge in [-0.05, 0) is 58.7 Å². The number of aliphatic hydroxyl groups is 1. The average Bonchev–Trinajstić information content (AvgIpc) is 2.63. The van der Waals surface area contributed by atoms with E-state index in [0.717, 1.165) is 0 Å². The molecule has 1 atom stereocenters. The molecule has 3 N–H and O–H groups in total. The summed E-state index contributed by atoms with van der Waals surface area (Å²) in [6.07, 6.45) is -1.19. The number of amides is 1. The second-order valence-corrected chi connectivity index (χ2v) is 8.66. The lowest BCUT2D eigenvalue weighted by Crippen LogP contribution is -2.30. The van der Waals surface area contributed by atoms with Crippen molar-refractivity contribution in [2.45, 2.75) is 26.4 Å². The molecular weight excluding hydrogens is 492 g/mol. The van der Waals surface area contributed by atoms with Crippen LogP contribution in [0.3, 0.4) is 0 Å². The Morgan fingerprint density at radius 2 is 1.93 bits per heavy atom. The predicted molar refractivity (Wildman–Crippen MR) is 113 cm³/mol. The molecule has 0 saturated heterocycles. The van der Waals surface area contributed by atoms with Gasteiger partial charge in [0.05, 0.1) is 16.1 Å². The third-order valence-corrected chi connectivity index (χ3v) is 5.35. The molecule has 0 radical (unpaired) electrons. The van der Waals surface area contributed by atoms with Gasteiger partial charge in [0.1, 0.15) is 11.9 Å². The van der Waals surface area contributed by atoms with Gasteiger partial charge in [-0.1, -0.05) is 29.8 Å². The quantitative estimate of drug-likeness (QED) is 0.476. The number of aromatic hydroxyl groups is 1. The molecule has 0 unspecified atom stereocenters. The van der Waals surface area contributed by atoms with Crippen LogP contribution in [0.4, 0.5) is 10.5 Å². The number of aliphatic hydroxyl groups excluding tert-OH is 1. The van der Waals surface area contributed by atoms with Gasteiger partial charge < -0.3 is 14.9 Å². The van der Waals surface area contributed by atoms with Crippen molar-refractivity contribution in [3.63, 3.8) is 0 Å². The Kier molecular flexibility index (Phi) is 7.47. The Balaban J connectivity index is 2.32. The number of anilines is 1. The van der Waals surface area contributed by atoms with Gasteiger partial charge in [-0.15, -0.1) is 0 Å². The largest absolute Gasteiger partial charge is 0.506 e. The van der Waals surface area contributed by atoms with E-state index in [2.05, 4.69) is 37.2 Å². The topological polar surface area (TPSA) is 103 Å². The van der Waals surface area contributed by atoms with Crippen LogP contribution < -0.4 is 5.32 Å². The molecule has 28 heavy (non-hydrogen) atoms. The number of carbonyl (C=O) groups excluding carboxylic acids is 1. The highest BCUT2D eigenvalue weighted by atomic mass is 79.9. The summed E-state index contributed by atoms with van der Waals surface area (Å²) in [6.45, 7) is 3.59. The summed E-state index contributed by atoms with van der Waals surface area (Å²) in [7, 11) is 0. The Morgan fingerprint density at radius 3 is 2.50 bits per heavy atom. The van der Waals surface area contributed by atoms with Crippen molar-refractivity contribution >= 4 is 43.6 Å². The number of phenols is 1. The van der Waals surface area contributed by atoms with Crippen LogP contribution in [0.5, 0.6) is 5.75 Å². The first-order valence-corrected chi connectivity index (χ1v) is 10.0. The number of nitrogens with one attached hydrogen (secondary N) is 1. The third kappa shape index (κ3) is 5.47. The lowest BCUT2D eigenvalue weighted by Gasteiger charge is -2.34. The highest BCUT2D eigenvalue weighted by molar-refractivity contribution is 9.11. The predicted octanol–water partition coefficient (Wildman–Crippen LogP) is 5.49. The zero-order chi connectivity index (χ0) is 20.9. The maximum absolute atomic E-state index is 12.5.